The molecule has 0 aliphatic carbocycles. The second kappa shape index (κ2) is 9.29. The Labute approximate surface area is 133 Å². The second-order valence-electron chi connectivity index (χ2n) is 4.66. The van der Waals surface area contributed by atoms with Crippen LogP contribution in [0.3, 0.4) is 0 Å². The number of urea groups is 1. The number of methoxy groups -OCH3 is 2. The third-order valence-electron chi connectivity index (χ3n) is 2.93. The van der Waals surface area contributed by atoms with Crippen molar-refractivity contribution in [3.05, 3.63) is 18.2 Å². The van der Waals surface area contributed by atoms with Crippen LogP contribution in [0.5, 0.6) is 11.5 Å². The van der Waals surface area contributed by atoms with Crippen molar-refractivity contribution in [2.75, 3.05) is 26.1 Å². The molecule has 8 nitrogen and oxygen atoms in total. The molecule has 0 aromatic heterocycles. The molecule has 126 valence electrons. The molecule has 1 rings (SSSR count). The van der Waals surface area contributed by atoms with Crippen LogP contribution < -0.4 is 20.1 Å². The Morgan fingerprint density at radius 3 is 2.39 bits per heavy atom. The molecule has 0 spiro atoms. The van der Waals surface area contributed by atoms with E-state index in [0.29, 0.717) is 17.2 Å². The van der Waals surface area contributed by atoms with Crippen LogP contribution in [0.25, 0.3) is 0 Å². The van der Waals surface area contributed by atoms with Crippen molar-refractivity contribution in [1.29, 1.82) is 0 Å². The summed E-state index contributed by atoms with van der Waals surface area (Å²) in [6.07, 6.45) is 0.305. The van der Waals surface area contributed by atoms with Crippen LogP contribution in [0.4, 0.5) is 10.5 Å². The van der Waals surface area contributed by atoms with Crippen molar-refractivity contribution in [3.8, 4) is 11.5 Å². The Balaban J connectivity index is 2.42. The Bertz CT molecular complexity index is 573. The number of nitrogens with one attached hydrogen (secondary N) is 2. The number of ketones is 1. The van der Waals surface area contributed by atoms with E-state index in [9.17, 15) is 14.4 Å². The highest BCUT2D eigenvalue weighted by Crippen LogP contribution is 2.29. The number of carboxylic acid groups (broad SMARTS) is 1. The first-order valence-corrected chi connectivity index (χ1v) is 6.96. The molecule has 0 bridgehead atoms. The average Bonchev–Trinajstić information content (AvgIpc) is 2.52. The molecule has 0 radical (unpaired) electrons. The zero-order valence-corrected chi connectivity index (χ0v) is 13.0. The van der Waals surface area contributed by atoms with Gasteiger partial charge in [0.2, 0.25) is 0 Å². The van der Waals surface area contributed by atoms with Crippen LogP contribution in [-0.2, 0) is 9.59 Å². The van der Waals surface area contributed by atoms with Crippen LogP contribution in [-0.4, -0.2) is 43.7 Å². The number of hydrogen-bond donors (Lipinski definition) is 3. The highest BCUT2D eigenvalue weighted by atomic mass is 16.5. The highest BCUT2D eigenvalue weighted by molar-refractivity contribution is 5.93. The molecule has 0 unspecified atom stereocenters. The summed E-state index contributed by atoms with van der Waals surface area (Å²) in [6, 6.07) is 4.33. The van der Waals surface area contributed by atoms with Gasteiger partial charge in [0.1, 0.15) is 0 Å². The summed E-state index contributed by atoms with van der Waals surface area (Å²) in [5, 5.41) is 13.5. The monoisotopic (exact) mass is 324 g/mol. The van der Waals surface area contributed by atoms with Crippen LogP contribution in [0.2, 0.25) is 0 Å². The maximum absolute atomic E-state index is 11.7. The molecule has 0 atom stereocenters. The summed E-state index contributed by atoms with van der Waals surface area (Å²) in [7, 11) is 2.99. The van der Waals surface area contributed by atoms with Gasteiger partial charge < -0.3 is 25.2 Å². The number of aliphatic carboxylic acids is 1. The van der Waals surface area contributed by atoms with Crippen LogP contribution in [0, 0.1) is 0 Å². The molecule has 3 N–H and O–H groups in total. The summed E-state index contributed by atoms with van der Waals surface area (Å²) < 4.78 is 10.2. The standard InChI is InChI=1S/C15H20N2O6/c1-22-12-7-6-10(8-13(12)23-2)17-15(21)16-9-11(18)4-3-5-14(19)20/h6-8H,3-5,9H2,1-2H3,(H,19,20)(H2,16,17,21). The van der Waals surface area contributed by atoms with E-state index in [4.69, 9.17) is 14.6 Å². The topological polar surface area (TPSA) is 114 Å². The molecule has 2 amide bonds. The third-order valence-corrected chi connectivity index (χ3v) is 2.93. The Morgan fingerprint density at radius 2 is 1.78 bits per heavy atom. The van der Waals surface area contributed by atoms with Crippen molar-refractivity contribution in [2.24, 2.45) is 0 Å². The van der Waals surface area contributed by atoms with E-state index in [1.165, 1.54) is 14.2 Å². The molecule has 0 aliphatic rings. The first kappa shape index (κ1) is 18.3. The number of carboxylic acids is 1. The zero-order chi connectivity index (χ0) is 17.2. The molecular formula is C15H20N2O6. The van der Waals surface area contributed by atoms with Crippen LogP contribution in [0.1, 0.15) is 19.3 Å². The van der Waals surface area contributed by atoms with E-state index in [-0.39, 0.29) is 31.6 Å². The van der Waals surface area contributed by atoms with Crippen LogP contribution in [0.15, 0.2) is 18.2 Å². The number of ether oxygens (including phenoxy) is 2. The predicted octanol–water partition coefficient (Wildman–Crippen LogP) is 1.65. The number of benzene rings is 1. The number of amides is 2. The predicted molar refractivity (Wildman–Crippen MR) is 83.1 cm³/mol. The second-order valence-corrected chi connectivity index (χ2v) is 4.66. The number of anilines is 1. The Hall–Kier alpha value is -2.77. The Kier molecular flexibility index (Phi) is 7.38. The van der Waals surface area contributed by atoms with E-state index in [1.54, 1.807) is 18.2 Å². The zero-order valence-electron chi connectivity index (χ0n) is 13.0. The molecule has 1 aromatic carbocycles. The lowest BCUT2D eigenvalue weighted by molar-refractivity contribution is -0.137. The van der Waals surface area contributed by atoms with Gasteiger partial charge in [-0.05, 0) is 18.6 Å². The lowest BCUT2D eigenvalue weighted by Gasteiger charge is -2.11. The van der Waals surface area contributed by atoms with Gasteiger partial charge in [0, 0.05) is 24.6 Å². The van der Waals surface area contributed by atoms with Gasteiger partial charge in [0.15, 0.2) is 17.3 Å². The van der Waals surface area contributed by atoms with Crippen LogP contribution >= 0.6 is 0 Å². The van der Waals surface area contributed by atoms with Crippen molar-refractivity contribution >= 4 is 23.5 Å². The number of Topliss-reactive ketones (excluding diaryl/α,β-unsaturated/α-hetero) is 1. The van der Waals surface area contributed by atoms with Gasteiger partial charge >= 0.3 is 12.0 Å². The van der Waals surface area contributed by atoms with E-state index in [0.717, 1.165) is 0 Å². The summed E-state index contributed by atoms with van der Waals surface area (Å²) in [5.74, 6) is -0.173. The summed E-state index contributed by atoms with van der Waals surface area (Å²) in [4.78, 5) is 33.5. The minimum Gasteiger partial charge on any atom is -0.493 e. The first-order valence-electron chi connectivity index (χ1n) is 6.96. The largest absolute Gasteiger partial charge is 0.493 e. The molecule has 0 aliphatic heterocycles. The quantitative estimate of drug-likeness (QED) is 0.636. The fraction of sp³-hybridized carbons (Fsp3) is 0.400. The fourth-order valence-corrected chi connectivity index (χ4v) is 1.79. The number of carbonyl (C=O) groups excluding carboxylic acids is 2. The van der Waals surface area contributed by atoms with Gasteiger partial charge in [-0.1, -0.05) is 0 Å². The van der Waals surface area contributed by atoms with E-state index < -0.39 is 12.0 Å². The van der Waals surface area contributed by atoms with E-state index in [2.05, 4.69) is 10.6 Å². The van der Waals surface area contributed by atoms with Gasteiger partial charge in [-0.15, -0.1) is 0 Å². The molecular weight excluding hydrogens is 304 g/mol. The minimum absolute atomic E-state index is 0.0659. The lowest BCUT2D eigenvalue weighted by atomic mass is 10.2. The molecule has 1 aromatic rings. The van der Waals surface area contributed by atoms with Gasteiger partial charge in [0.05, 0.1) is 20.8 Å². The lowest BCUT2D eigenvalue weighted by Crippen LogP contribution is -2.33. The highest BCUT2D eigenvalue weighted by Gasteiger charge is 2.09. The minimum atomic E-state index is -0.947. The summed E-state index contributed by atoms with van der Waals surface area (Å²) >= 11 is 0. The van der Waals surface area contributed by atoms with Crippen molar-refractivity contribution in [2.45, 2.75) is 19.3 Å². The van der Waals surface area contributed by atoms with Gasteiger partial charge in [-0.2, -0.15) is 0 Å². The van der Waals surface area contributed by atoms with E-state index >= 15 is 0 Å². The molecule has 0 saturated heterocycles. The SMILES string of the molecule is COc1ccc(NC(=O)NCC(=O)CCCC(=O)O)cc1OC. The molecule has 23 heavy (non-hydrogen) atoms. The maximum atomic E-state index is 11.7. The maximum Gasteiger partial charge on any atom is 0.319 e. The van der Waals surface area contributed by atoms with E-state index in [1.807, 2.05) is 0 Å². The number of rotatable bonds is 9. The number of hydrogen-bond acceptors (Lipinski definition) is 5. The molecule has 0 saturated carbocycles. The van der Waals surface area contributed by atoms with Gasteiger partial charge in [-0.25, -0.2) is 4.79 Å². The summed E-state index contributed by atoms with van der Waals surface area (Å²) in [5.41, 5.74) is 0.485. The molecule has 8 heteroatoms. The number of carbonyl (C=O) groups is 3. The van der Waals surface area contributed by atoms with Crippen molar-refractivity contribution in [1.82, 2.24) is 5.32 Å². The van der Waals surface area contributed by atoms with Gasteiger partial charge in [0.25, 0.3) is 0 Å². The summed E-state index contributed by atoms with van der Waals surface area (Å²) in [6.45, 7) is -0.154. The fourth-order valence-electron chi connectivity index (χ4n) is 1.79. The van der Waals surface area contributed by atoms with Crippen molar-refractivity contribution < 1.29 is 29.0 Å². The first-order chi connectivity index (χ1) is 11.0. The van der Waals surface area contributed by atoms with Crippen molar-refractivity contribution in [3.63, 3.8) is 0 Å². The molecule has 0 heterocycles. The normalized spacial score (nSPS) is 9.83. The smallest absolute Gasteiger partial charge is 0.319 e. The third kappa shape index (κ3) is 6.68. The average molecular weight is 324 g/mol. The molecule has 0 fully saturated rings. The Morgan fingerprint density at radius 1 is 1.09 bits per heavy atom. The van der Waals surface area contributed by atoms with Gasteiger partial charge in [-0.3, -0.25) is 9.59 Å².